The van der Waals surface area contributed by atoms with Gasteiger partial charge < -0.3 is 10.5 Å². The number of ether oxygens (including phenoxy) is 1. The lowest BCUT2D eigenvalue weighted by Gasteiger charge is -2.13. The Labute approximate surface area is 60.5 Å². The van der Waals surface area contributed by atoms with E-state index in [1.54, 1.807) is 0 Å². The molecule has 0 saturated carbocycles. The van der Waals surface area contributed by atoms with Crippen LogP contribution in [0.2, 0.25) is 0 Å². The minimum Gasteiger partial charge on any atom is -0.377 e. The quantitative estimate of drug-likeness (QED) is 0.604. The highest BCUT2D eigenvalue weighted by atomic mass is 16.5. The summed E-state index contributed by atoms with van der Waals surface area (Å²) in [6, 6.07) is 0. The van der Waals surface area contributed by atoms with Gasteiger partial charge in [-0.05, 0) is 12.8 Å². The molecule has 1 unspecified atom stereocenters. The van der Waals surface area contributed by atoms with Crippen LogP contribution in [-0.2, 0) is 9.53 Å². The largest absolute Gasteiger partial charge is 0.377 e. The summed E-state index contributed by atoms with van der Waals surface area (Å²) in [5, 5.41) is 0. The third-order valence-electron chi connectivity index (χ3n) is 1.97. The molecule has 58 valence electrons. The van der Waals surface area contributed by atoms with Crippen LogP contribution < -0.4 is 5.73 Å². The number of hydrogen-bond acceptors (Lipinski definition) is 2. The Morgan fingerprint density at radius 3 is 2.90 bits per heavy atom. The second-order valence-corrected chi connectivity index (χ2v) is 2.74. The van der Waals surface area contributed by atoms with Crippen LogP contribution in [0.5, 0.6) is 0 Å². The normalized spacial score (nSPS) is 28.3. The number of nitrogens with two attached hydrogens (primary N) is 1. The van der Waals surface area contributed by atoms with E-state index in [-0.39, 0.29) is 17.9 Å². The van der Waals surface area contributed by atoms with Gasteiger partial charge in [0.1, 0.15) is 0 Å². The van der Waals surface area contributed by atoms with Crippen LogP contribution >= 0.6 is 0 Å². The molecule has 1 amide bonds. The average molecular weight is 143 g/mol. The molecule has 3 heteroatoms. The van der Waals surface area contributed by atoms with E-state index in [0.717, 1.165) is 19.4 Å². The van der Waals surface area contributed by atoms with E-state index in [0.29, 0.717) is 0 Å². The molecule has 1 fully saturated rings. The van der Waals surface area contributed by atoms with Crippen LogP contribution in [0.1, 0.15) is 19.8 Å². The fraction of sp³-hybridized carbons (Fsp3) is 0.857. The number of hydrogen-bond donors (Lipinski definition) is 1. The van der Waals surface area contributed by atoms with Crippen molar-refractivity contribution in [3.63, 3.8) is 0 Å². The van der Waals surface area contributed by atoms with Crippen LogP contribution in [0.3, 0.4) is 0 Å². The van der Waals surface area contributed by atoms with Crippen molar-refractivity contribution in [2.75, 3.05) is 6.61 Å². The van der Waals surface area contributed by atoms with Gasteiger partial charge in [-0.15, -0.1) is 0 Å². The van der Waals surface area contributed by atoms with E-state index in [4.69, 9.17) is 10.5 Å². The highest BCUT2D eigenvalue weighted by molar-refractivity contribution is 5.76. The molecule has 0 radical (unpaired) electrons. The van der Waals surface area contributed by atoms with Gasteiger partial charge in [-0.3, -0.25) is 4.79 Å². The van der Waals surface area contributed by atoms with Crippen LogP contribution in [0, 0.1) is 5.92 Å². The zero-order valence-corrected chi connectivity index (χ0v) is 6.17. The predicted octanol–water partition coefficient (Wildman–Crippen LogP) is 0.287. The van der Waals surface area contributed by atoms with E-state index < -0.39 is 0 Å². The highest BCUT2D eigenvalue weighted by Crippen LogP contribution is 2.19. The molecule has 0 aliphatic carbocycles. The third kappa shape index (κ3) is 1.48. The predicted molar refractivity (Wildman–Crippen MR) is 37.3 cm³/mol. The summed E-state index contributed by atoms with van der Waals surface area (Å²) in [4.78, 5) is 10.6. The first-order valence-corrected chi connectivity index (χ1v) is 3.62. The SMILES string of the molecule is C[C@@H](C(N)=O)C1CCCO1. The second kappa shape index (κ2) is 3.01. The second-order valence-electron chi connectivity index (χ2n) is 2.74. The summed E-state index contributed by atoms with van der Waals surface area (Å²) < 4.78 is 5.28. The molecule has 1 rings (SSSR count). The third-order valence-corrected chi connectivity index (χ3v) is 1.97. The lowest BCUT2D eigenvalue weighted by Crippen LogP contribution is -2.30. The maximum atomic E-state index is 10.6. The van der Waals surface area contributed by atoms with Crippen molar-refractivity contribution in [3.05, 3.63) is 0 Å². The fourth-order valence-electron chi connectivity index (χ4n) is 1.18. The van der Waals surface area contributed by atoms with Crippen LogP contribution in [0.25, 0.3) is 0 Å². The van der Waals surface area contributed by atoms with E-state index in [9.17, 15) is 4.79 Å². The number of carbonyl (C=O) groups excluding carboxylic acids is 1. The van der Waals surface area contributed by atoms with Gasteiger partial charge in [0.2, 0.25) is 5.91 Å². The minimum atomic E-state index is -0.257. The van der Waals surface area contributed by atoms with Crippen molar-refractivity contribution < 1.29 is 9.53 Å². The molecule has 3 nitrogen and oxygen atoms in total. The topological polar surface area (TPSA) is 52.3 Å². The summed E-state index contributed by atoms with van der Waals surface area (Å²) in [6.07, 6.45) is 2.12. The first kappa shape index (κ1) is 7.54. The van der Waals surface area contributed by atoms with Crippen LogP contribution in [-0.4, -0.2) is 18.6 Å². The summed E-state index contributed by atoms with van der Waals surface area (Å²) >= 11 is 0. The zero-order chi connectivity index (χ0) is 7.56. The Kier molecular flexibility index (Phi) is 2.27. The van der Waals surface area contributed by atoms with Crippen molar-refractivity contribution in [1.82, 2.24) is 0 Å². The Morgan fingerprint density at radius 1 is 1.80 bits per heavy atom. The summed E-state index contributed by atoms with van der Waals surface area (Å²) in [5.41, 5.74) is 5.10. The Bertz CT molecular complexity index is 130. The summed E-state index contributed by atoms with van der Waals surface area (Å²) in [6.45, 7) is 2.60. The molecule has 2 atom stereocenters. The van der Waals surface area contributed by atoms with Crippen molar-refractivity contribution >= 4 is 5.91 Å². The Balaban J connectivity index is 2.39. The number of rotatable bonds is 2. The van der Waals surface area contributed by atoms with Crippen LogP contribution in [0.4, 0.5) is 0 Å². The van der Waals surface area contributed by atoms with E-state index in [1.807, 2.05) is 6.92 Å². The first-order chi connectivity index (χ1) is 4.72. The molecule has 0 aromatic heterocycles. The maximum absolute atomic E-state index is 10.6. The summed E-state index contributed by atoms with van der Waals surface area (Å²) in [5.74, 6) is -0.380. The monoisotopic (exact) mass is 143 g/mol. The van der Waals surface area contributed by atoms with E-state index in [2.05, 4.69) is 0 Å². The van der Waals surface area contributed by atoms with Gasteiger partial charge in [0.15, 0.2) is 0 Å². The van der Waals surface area contributed by atoms with Crippen molar-refractivity contribution in [2.24, 2.45) is 11.7 Å². The molecule has 0 aromatic carbocycles. The van der Waals surface area contributed by atoms with Gasteiger partial charge in [-0.2, -0.15) is 0 Å². The van der Waals surface area contributed by atoms with Crippen molar-refractivity contribution in [2.45, 2.75) is 25.9 Å². The Hall–Kier alpha value is -0.570. The van der Waals surface area contributed by atoms with Crippen molar-refractivity contribution in [3.8, 4) is 0 Å². The van der Waals surface area contributed by atoms with Gasteiger partial charge in [-0.25, -0.2) is 0 Å². The molecule has 0 spiro atoms. The molecule has 10 heavy (non-hydrogen) atoms. The van der Waals surface area contributed by atoms with Gasteiger partial charge in [-0.1, -0.05) is 6.92 Å². The lowest BCUT2D eigenvalue weighted by molar-refractivity contribution is -0.124. The van der Waals surface area contributed by atoms with E-state index >= 15 is 0 Å². The standard InChI is InChI=1S/C7H13NO2/c1-5(7(8)9)6-3-2-4-10-6/h5-6H,2-4H2,1H3,(H2,8,9)/t5-,6?/m1/s1. The maximum Gasteiger partial charge on any atom is 0.222 e. The van der Waals surface area contributed by atoms with E-state index in [1.165, 1.54) is 0 Å². The Morgan fingerprint density at radius 2 is 2.50 bits per heavy atom. The molecule has 1 heterocycles. The average Bonchev–Trinajstić information content (AvgIpc) is 2.36. The van der Waals surface area contributed by atoms with Gasteiger partial charge in [0, 0.05) is 6.61 Å². The molecular weight excluding hydrogens is 130 g/mol. The van der Waals surface area contributed by atoms with Gasteiger partial charge in [0.25, 0.3) is 0 Å². The molecule has 1 saturated heterocycles. The fourth-order valence-corrected chi connectivity index (χ4v) is 1.18. The molecule has 1 aliphatic rings. The molecular formula is C7H13NO2. The number of amides is 1. The van der Waals surface area contributed by atoms with Gasteiger partial charge >= 0.3 is 0 Å². The minimum absolute atomic E-state index is 0.0810. The highest BCUT2D eigenvalue weighted by Gasteiger charge is 2.25. The molecule has 2 N–H and O–H groups in total. The summed E-state index contributed by atoms with van der Waals surface area (Å²) in [7, 11) is 0. The van der Waals surface area contributed by atoms with Crippen LogP contribution in [0.15, 0.2) is 0 Å². The van der Waals surface area contributed by atoms with Gasteiger partial charge in [0.05, 0.1) is 12.0 Å². The number of carbonyl (C=O) groups is 1. The smallest absolute Gasteiger partial charge is 0.222 e. The first-order valence-electron chi connectivity index (χ1n) is 3.62. The number of primary amides is 1. The lowest BCUT2D eigenvalue weighted by atomic mass is 10.0. The zero-order valence-electron chi connectivity index (χ0n) is 6.17. The molecule has 1 aliphatic heterocycles. The molecule has 0 bridgehead atoms. The van der Waals surface area contributed by atoms with Crippen molar-refractivity contribution in [1.29, 1.82) is 0 Å². The molecule has 0 aromatic rings.